The van der Waals surface area contributed by atoms with Crippen molar-refractivity contribution in [1.29, 1.82) is 0 Å². The number of phenols is 1. The number of hydrogen-bond acceptors (Lipinski definition) is 5. The van der Waals surface area contributed by atoms with Crippen LogP contribution in [-0.4, -0.2) is 39.7 Å². The predicted molar refractivity (Wildman–Crippen MR) is 100 cm³/mol. The lowest BCUT2D eigenvalue weighted by molar-refractivity contribution is 0.0262. The van der Waals surface area contributed by atoms with Gasteiger partial charge in [-0.15, -0.1) is 0 Å². The monoisotopic (exact) mass is 408 g/mol. The molecule has 2 unspecified atom stereocenters. The standard InChI is InChI=1S/C19H19F3N4O3/c1-7-13-11(17(28)24-18(29)26(13)9-2-3-9)15(27)12(20)14(7)25-5-8-4-19(21,22)16(23)10(8)6-25/h4,9-10,16,27H,2-3,5-6,23H2,1H3,(H,24,28,29). The molecular formula is C19H19F3N4O3. The third-order valence-corrected chi connectivity index (χ3v) is 6.26. The average molecular weight is 408 g/mol. The minimum absolute atomic E-state index is 0.000200. The van der Waals surface area contributed by atoms with E-state index in [1.54, 1.807) is 11.8 Å². The number of fused-ring (bicyclic) bond motifs is 2. The van der Waals surface area contributed by atoms with E-state index in [-0.39, 0.29) is 35.7 Å². The fourth-order valence-electron chi connectivity index (χ4n) is 4.73. The van der Waals surface area contributed by atoms with Crippen LogP contribution in [0.3, 0.4) is 0 Å². The van der Waals surface area contributed by atoms with Gasteiger partial charge in [-0.25, -0.2) is 18.0 Å². The van der Waals surface area contributed by atoms with Crippen molar-refractivity contribution in [3.8, 4) is 5.75 Å². The van der Waals surface area contributed by atoms with Gasteiger partial charge in [0.15, 0.2) is 11.6 Å². The quantitative estimate of drug-likeness (QED) is 0.654. The third kappa shape index (κ3) is 2.41. The van der Waals surface area contributed by atoms with Crippen LogP contribution in [0.5, 0.6) is 5.75 Å². The minimum atomic E-state index is -3.11. The van der Waals surface area contributed by atoms with Crippen molar-refractivity contribution >= 4 is 16.6 Å². The molecule has 2 aromatic rings. The van der Waals surface area contributed by atoms with Crippen LogP contribution < -0.4 is 21.9 Å². The zero-order chi connectivity index (χ0) is 20.8. The van der Waals surface area contributed by atoms with Crippen molar-refractivity contribution in [3.05, 3.63) is 43.9 Å². The SMILES string of the molecule is Cc1c(N2CC3=CC(F)(F)C(N)C3C2)c(F)c(O)c2c(=O)[nH]c(=O)n(C3CC3)c12. The number of anilines is 1. The average Bonchev–Trinajstić information content (AvgIpc) is 3.35. The van der Waals surface area contributed by atoms with Gasteiger partial charge >= 0.3 is 5.69 Å². The number of H-pyrrole nitrogens is 1. The zero-order valence-corrected chi connectivity index (χ0v) is 15.5. The predicted octanol–water partition coefficient (Wildman–Crippen LogP) is 1.52. The summed E-state index contributed by atoms with van der Waals surface area (Å²) in [6.45, 7) is 1.66. The van der Waals surface area contributed by atoms with Crippen molar-refractivity contribution < 1.29 is 18.3 Å². The molecule has 1 aromatic heterocycles. The van der Waals surface area contributed by atoms with Gasteiger partial charge in [0.1, 0.15) is 5.39 Å². The number of benzene rings is 1. The maximum absolute atomic E-state index is 15.2. The van der Waals surface area contributed by atoms with Crippen molar-refractivity contribution in [3.63, 3.8) is 0 Å². The van der Waals surface area contributed by atoms with Gasteiger partial charge < -0.3 is 15.7 Å². The molecule has 1 aliphatic heterocycles. The smallest absolute Gasteiger partial charge is 0.329 e. The van der Waals surface area contributed by atoms with Crippen molar-refractivity contribution in [1.82, 2.24) is 9.55 Å². The van der Waals surface area contributed by atoms with Gasteiger partial charge in [-0.05, 0) is 31.4 Å². The number of nitrogens with two attached hydrogens (primary N) is 1. The lowest BCUT2D eigenvalue weighted by Crippen LogP contribution is -2.43. The Morgan fingerprint density at radius 3 is 2.62 bits per heavy atom. The summed E-state index contributed by atoms with van der Waals surface area (Å²) in [7, 11) is 0. The summed E-state index contributed by atoms with van der Waals surface area (Å²) < 4.78 is 44.2. The molecule has 0 amide bonds. The van der Waals surface area contributed by atoms with Gasteiger partial charge in [-0.1, -0.05) is 0 Å². The number of halogens is 3. The molecule has 7 nitrogen and oxygen atoms in total. The second-order valence-electron chi connectivity index (χ2n) is 8.13. The Hall–Kier alpha value is -2.75. The highest BCUT2D eigenvalue weighted by atomic mass is 19.3. The molecule has 1 aromatic carbocycles. The maximum atomic E-state index is 15.2. The van der Waals surface area contributed by atoms with Crippen LogP contribution in [0.4, 0.5) is 18.9 Å². The third-order valence-electron chi connectivity index (χ3n) is 6.26. The topological polar surface area (TPSA) is 104 Å². The van der Waals surface area contributed by atoms with E-state index in [1.807, 2.05) is 0 Å². The molecule has 3 aliphatic rings. The molecule has 2 atom stereocenters. The van der Waals surface area contributed by atoms with Gasteiger partial charge in [0.2, 0.25) is 0 Å². The molecule has 2 fully saturated rings. The first-order valence-corrected chi connectivity index (χ1v) is 9.41. The molecule has 0 radical (unpaired) electrons. The number of rotatable bonds is 2. The Kier molecular flexibility index (Phi) is 3.57. The summed E-state index contributed by atoms with van der Waals surface area (Å²) in [6.07, 6.45) is 2.30. The van der Waals surface area contributed by atoms with Gasteiger partial charge in [0.25, 0.3) is 11.5 Å². The molecule has 2 aliphatic carbocycles. The lowest BCUT2D eigenvalue weighted by atomic mass is 10.0. The highest BCUT2D eigenvalue weighted by Crippen LogP contribution is 2.46. The number of aromatic amines is 1. The Morgan fingerprint density at radius 1 is 1.31 bits per heavy atom. The first-order chi connectivity index (χ1) is 13.6. The summed E-state index contributed by atoms with van der Waals surface area (Å²) in [6, 6.07) is -1.53. The highest BCUT2D eigenvalue weighted by molar-refractivity contribution is 5.92. The Labute approximate surface area is 162 Å². The van der Waals surface area contributed by atoms with Crippen LogP contribution in [0.25, 0.3) is 10.9 Å². The lowest BCUT2D eigenvalue weighted by Gasteiger charge is -2.26. The number of phenolic OH excluding ortho intramolecular Hbond substituents is 1. The molecule has 0 spiro atoms. The summed E-state index contributed by atoms with van der Waals surface area (Å²) in [5.74, 6) is -5.60. The summed E-state index contributed by atoms with van der Waals surface area (Å²) in [5, 5.41) is 10.2. The van der Waals surface area contributed by atoms with E-state index < -0.39 is 40.7 Å². The fourth-order valence-corrected chi connectivity index (χ4v) is 4.73. The van der Waals surface area contributed by atoms with Crippen LogP contribution in [-0.2, 0) is 0 Å². The minimum Gasteiger partial charge on any atom is -0.504 e. The number of alkyl halides is 2. The van der Waals surface area contributed by atoms with Gasteiger partial charge in [0, 0.05) is 30.6 Å². The number of hydrogen-bond donors (Lipinski definition) is 3. The summed E-state index contributed by atoms with van der Waals surface area (Å²) in [5.41, 5.74) is 5.11. The number of aryl methyl sites for hydroxylation is 1. The highest BCUT2D eigenvalue weighted by Gasteiger charge is 2.51. The molecule has 1 saturated carbocycles. The van der Waals surface area contributed by atoms with Crippen LogP contribution in [0.15, 0.2) is 21.2 Å². The van der Waals surface area contributed by atoms with Crippen LogP contribution in [0.1, 0.15) is 24.4 Å². The first kappa shape index (κ1) is 18.3. The molecular weight excluding hydrogens is 389 g/mol. The molecule has 2 heterocycles. The van der Waals surface area contributed by atoms with Crippen molar-refractivity contribution in [2.45, 2.75) is 37.8 Å². The Bertz CT molecular complexity index is 1210. The number of aromatic hydroxyl groups is 1. The number of aromatic nitrogens is 2. The Balaban J connectivity index is 1.74. The summed E-state index contributed by atoms with van der Waals surface area (Å²) >= 11 is 0. The normalized spacial score (nSPS) is 25.6. The van der Waals surface area contributed by atoms with E-state index >= 15 is 4.39 Å². The van der Waals surface area contributed by atoms with Gasteiger partial charge in [0.05, 0.1) is 17.2 Å². The number of nitrogens with zero attached hydrogens (tertiary/aromatic N) is 2. The molecule has 1 saturated heterocycles. The van der Waals surface area contributed by atoms with Crippen LogP contribution >= 0.6 is 0 Å². The van der Waals surface area contributed by atoms with E-state index in [0.29, 0.717) is 11.1 Å². The van der Waals surface area contributed by atoms with Gasteiger partial charge in [-0.2, -0.15) is 0 Å². The van der Waals surface area contributed by atoms with Gasteiger partial charge in [-0.3, -0.25) is 14.3 Å². The van der Waals surface area contributed by atoms with Crippen LogP contribution in [0.2, 0.25) is 0 Å². The van der Waals surface area contributed by atoms with E-state index in [0.717, 1.165) is 18.9 Å². The van der Waals surface area contributed by atoms with E-state index in [2.05, 4.69) is 4.98 Å². The number of nitrogens with one attached hydrogen (secondary N) is 1. The molecule has 5 rings (SSSR count). The molecule has 10 heteroatoms. The first-order valence-electron chi connectivity index (χ1n) is 9.41. The maximum Gasteiger partial charge on any atom is 0.329 e. The second kappa shape index (κ2) is 5.65. The summed E-state index contributed by atoms with van der Waals surface area (Å²) in [4.78, 5) is 28.4. The Morgan fingerprint density at radius 2 is 2.00 bits per heavy atom. The largest absolute Gasteiger partial charge is 0.504 e. The van der Waals surface area contributed by atoms with E-state index in [1.165, 1.54) is 4.57 Å². The van der Waals surface area contributed by atoms with Crippen molar-refractivity contribution in [2.75, 3.05) is 18.0 Å². The molecule has 154 valence electrons. The molecule has 4 N–H and O–H groups in total. The second-order valence-corrected chi connectivity index (χ2v) is 8.13. The molecule has 0 bridgehead atoms. The van der Waals surface area contributed by atoms with Crippen LogP contribution in [0, 0.1) is 18.7 Å². The molecule has 29 heavy (non-hydrogen) atoms. The van der Waals surface area contributed by atoms with E-state index in [4.69, 9.17) is 5.73 Å². The fraction of sp³-hybridized carbons (Fsp3) is 0.474. The van der Waals surface area contributed by atoms with Crippen molar-refractivity contribution in [2.24, 2.45) is 11.7 Å². The van der Waals surface area contributed by atoms with E-state index in [9.17, 15) is 23.5 Å². The zero-order valence-electron chi connectivity index (χ0n) is 15.5.